The van der Waals surface area contributed by atoms with Gasteiger partial charge in [0.2, 0.25) is 0 Å². The van der Waals surface area contributed by atoms with Gasteiger partial charge in [0.25, 0.3) is 0 Å². The number of fused-ring (bicyclic) bond motifs is 1. The van der Waals surface area contributed by atoms with Crippen LogP contribution >= 0.6 is 0 Å². The van der Waals surface area contributed by atoms with Crippen molar-refractivity contribution in [2.75, 3.05) is 0 Å². The predicted octanol–water partition coefficient (Wildman–Crippen LogP) is 3.50. The third-order valence-electron chi connectivity index (χ3n) is 3.73. The third kappa shape index (κ3) is 3.60. The van der Waals surface area contributed by atoms with E-state index in [0.717, 1.165) is 18.4 Å². The van der Waals surface area contributed by atoms with Gasteiger partial charge in [-0.3, -0.25) is 0 Å². The number of aliphatic hydroxyl groups is 1. The van der Waals surface area contributed by atoms with Gasteiger partial charge in [0.05, 0.1) is 6.10 Å². The minimum absolute atomic E-state index is 0.00565. The molecule has 0 aromatic heterocycles. The molecule has 20 heavy (non-hydrogen) atoms. The van der Waals surface area contributed by atoms with E-state index in [9.17, 15) is 5.11 Å². The Labute approximate surface area is 122 Å². The van der Waals surface area contributed by atoms with Crippen molar-refractivity contribution in [3.8, 4) is 0 Å². The molecule has 0 radical (unpaired) electrons. The molecule has 1 aliphatic heterocycles. The lowest BCUT2D eigenvalue weighted by Gasteiger charge is -2.24. The highest BCUT2D eigenvalue weighted by molar-refractivity contribution is 5.32. The molecule has 1 N–H and O–H groups in total. The minimum atomic E-state index is -0.535. The second-order valence-corrected chi connectivity index (χ2v) is 6.48. The van der Waals surface area contributed by atoms with Gasteiger partial charge in [-0.1, -0.05) is 23.8 Å². The molecule has 3 atom stereocenters. The van der Waals surface area contributed by atoms with Crippen LogP contribution < -0.4 is 0 Å². The van der Waals surface area contributed by atoms with Crippen molar-refractivity contribution in [3.05, 3.63) is 34.9 Å². The van der Waals surface area contributed by atoms with Crippen LogP contribution in [0.1, 0.15) is 47.5 Å². The van der Waals surface area contributed by atoms with Crippen LogP contribution in [0, 0.1) is 0 Å². The molecule has 1 unspecified atom stereocenters. The first-order valence-electron chi connectivity index (χ1n) is 7.34. The summed E-state index contributed by atoms with van der Waals surface area (Å²) in [6, 6.07) is 0. The molecule has 0 bridgehead atoms. The van der Waals surface area contributed by atoms with E-state index in [-0.39, 0.29) is 18.3 Å². The first kappa shape index (κ1) is 15.5. The van der Waals surface area contributed by atoms with Crippen LogP contribution in [0.3, 0.4) is 0 Å². The molecule has 1 aliphatic carbocycles. The van der Waals surface area contributed by atoms with Crippen molar-refractivity contribution < 1.29 is 14.6 Å². The lowest BCUT2D eigenvalue weighted by atomic mass is 9.90. The van der Waals surface area contributed by atoms with Crippen LogP contribution in [0.5, 0.6) is 0 Å². The Kier molecular flexibility index (Phi) is 4.52. The van der Waals surface area contributed by atoms with Gasteiger partial charge >= 0.3 is 0 Å². The second kappa shape index (κ2) is 5.84. The number of allylic oxidation sites excluding steroid dienone is 3. The van der Waals surface area contributed by atoms with Gasteiger partial charge in [0.1, 0.15) is 12.2 Å². The Morgan fingerprint density at radius 1 is 1.30 bits per heavy atom. The van der Waals surface area contributed by atoms with Crippen LogP contribution in [-0.2, 0) is 9.47 Å². The molecule has 1 heterocycles. The summed E-state index contributed by atoms with van der Waals surface area (Å²) in [7, 11) is 0. The van der Waals surface area contributed by atoms with Crippen molar-refractivity contribution in [2.45, 2.75) is 71.6 Å². The van der Waals surface area contributed by atoms with Crippen molar-refractivity contribution in [1.29, 1.82) is 0 Å². The molecule has 1 saturated heterocycles. The van der Waals surface area contributed by atoms with Crippen LogP contribution in [0.15, 0.2) is 34.9 Å². The maximum atomic E-state index is 9.95. The van der Waals surface area contributed by atoms with Crippen molar-refractivity contribution in [2.24, 2.45) is 0 Å². The predicted molar refractivity (Wildman–Crippen MR) is 80.3 cm³/mol. The monoisotopic (exact) mass is 278 g/mol. The molecule has 112 valence electrons. The number of aliphatic hydroxyl groups excluding tert-OH is 1. The van der Waals surface area contributed by atoms with Gasteiger partial charge in [-0.2, -0.15) is 0 Å². The fourth-order valence-corrected chi connectivity index (χ4v) is 2.80. The van der Waals surface area contributed by atoms with E-state index in [0.29, 0.717) is 0 Å². The quantitative estimate of drug-likeness (QED) is 0.800. The second-order valence-electron chi connectivity index (χ2n) is 6.48. The van der Waals surface area contributed by atoms with Gasteiger partial charge < -0.3 is 14.6 Å². The lowest BCUT2D eigenvalue weighted by molar-refractivity contribution is -0.140. The van der Waals surface area contributed by atoms with E-state index in [1.165, 1.54) is 11.1 Å². The Balaban J connectivity index is 2.03. The maximum Gasteiger partial charge on any atom is 0.164 e. The summed E-state index contributed by atoms with van der Waals surface area (Å²) >= 11 is 0. The van der Waals surface area contributed by atoms with Crippen LogP contribution in [-0.4, -0.2) is 29.2 Å². The zero-order valence-corrected chi connectivity index (χ0v) is 13.1. The largest absolute Gasteiger partial charge is 0.389 e. The van der Waals surface area contributed by atoms with Gasteiger partial charge in [0.15, 0.2) is 5.79 Å². The zero-order chi connectivity index (χ0) is 14.9. The molecule has 0 aromatic rings. The van der Waals surface area contributed by atoms with E-state index in [4.69, 9.17) is 9.47 Å². The Bertz CT molecular complexity index is 453. The van der Waals surface area contributed by atoms with Gasteiger partial charge in [0, 0.05) is 0 Å². The summed E-state index contributed by atoms with van der Waals surface area (Å²) in [5, 5.41) is 9.95. The Hall–Kier alpha value is -0.900. The van der Waals surface area contributed by atoms with Crippen LogP contribution in [0.25, 0.3) is 0 Å². The highest BCUT2D eigenvalue weighted by atomic mass is 16.8. The average Bonchev–Trinajstić information content (AvgIpc) is 2.64. The third-order valence-corrected chi connectivity index (χ3v) is 3.73. The fraction of sp³-hybridized carbons (Fsp3) is 0.647. The summed E-state index contributed by atoms with van der Waals surface area (Å²) in [4.78, 5) is 0. The summed E-state index contributed by atoms with van der Waals surface area (Å²) in [5.41, 5.74) is 3.56. The number of hydrogen-bond donors (Lipinski definition) is 1. The molecular formula is C17H26O3. The van der Waals surface area contributed by atoms with E-state index in [2.05, 4.69) is 19.1 Å². The molecule has 0 amide bonds. The zero-order valence-electron chi connectivity index (χ0n) is 13.1. The van der Waals surface area contributed by atoms with Gasteiger partial charge in [-0.05, 0) is 58.6 Å². The van der Waals surface area contributed by atoms with E-state index >= 15 is 0 Å². The molecule has 0 aromatic carbocycles. The summed E-state index contributed by atoms with van der Waals surface area (Å²) in [6.07, 6.45) is 7.30. The standard InChI is InChI=1S/C17H26O3/c1-11(2)10-14(18)9-8-13-7-6-12(3)15-16(13)20-17(4,5)19-15/h6-7,10,14-16,18H,8-9H2,1-5H3/t14?,15-,16+/m0/s1. The Morgan fingerprint density at radius 2 is 1.95 bits per heavy atom. The topological polar surface area (TPSA) is 38.7 Å². The van der Waals surface area contributed by atoms with E-state index in [1.54, 1.807) is 0 Å². The number of ether oxygens (including phenoxy) is 2. The molecule has 0 saturated carbocycles. The molecule has 2 aliphatic rings. The summed E-state index contributed by atoms with van der Waals surface area (Å²) in [6.45, 7) is 9.99. The normalized spacial score (nSPS) is 29.3. The average molecular weight is 278 g/mol. The smallest absolute Gasteiger partial charge is 0.164 e. The fourth-order valence-electron chi connectivity index (χ4n) is 2.80. The first-order chi connectivity index (χ1) is 9.28. The number of rotatable bonds is 4. The SMILES string of the molecule is CC(C)=CC(O)CCC1=CC=C(C)[C@@H]2OC(C)(C)O[C@H]12. The van der Waals surface area contributed by atoms with Crippen molar-refractivity contribution in [3.63, 3.8) is 0 Å². The lowest BCUT2D eigenvalue weighted by Crippen LogP contribution is -2.28. The van der Waals surface area contributed by atoms with Crippen LogP contribution in [0.4, 0.5) is 0 Å². The summed E-state index contributed by atoms with van der Waals surface area (Å²) in [5.74, 6) is -0.535. The Morgan fingerprint density at radius 3 is 2.60 bits per heavy atom. The molecule has 2 rings (SSSR count). The maximum absolute atomic E-state index is 9.95. The first-order valence-corrected chi connectivity index (χ1v) is 7.34. The molecule has 3 nitrogen and oxygen atoms in total. The molecule has 1 fully saturated rings. The molecule has 3 heteroatoms. The highest BCUT2D eigenvalue weighted by Gasteiger charge is 2.44. The van der Waals surface area contributed by atoms with Crippen molar-refractivity contribution >= 4 is 0 Å². The van der Waals surface area contributed by atoms with E-state index < -0.39 is 5.79 Å². The van der Waals surface area contributed by atoms with Crippen LogP contribution in [0.2, 0.25) is 0 Å². The minimum Gasteiger partial charge on any atom is -0.389 e. The van der Waals surface area contributed by atoms with Gasteiger partial charge in [-0.15, -0.1) is 0 Å². The summed E-state index contributed by atoms with van der Waals surface area (Å²) < 4.78 is 12.0. The highest BCUT2D eigenvalue weighted by Crippen LogP contribution is 2.39. The van der Waals surface area contributed by atoms with Crippen molar-refractivity contribution in [1.82, 2.24) is 0 Å². The molecular weight excluding hydrogens is 252 g/mol. The van der Waals surface area contributed by atoms with Gasteiger partial charge in [-0.25, -0.2) is 0 Å². The molecule has 0 spiro atoms. The number of hydrogen-bond acceptors (Lipinski definition) is 3. The van der Waals surface area contributed by atoms with E-state index in [1.807, 2.05) is 33.8 Å².